The van der Waals surface area contributed by atoms with Crippen molar-refractivity contribution in [3.8, 4) is 0 Å². The maximum absolute atomic E-state index is 12.5. The van der Waals surface area contributed by atoms with Crippen molar-refractivity contribution in [3.63, 3.8) is 0 Å². The van der Waals surface area contributed by atoms with Crippen LogP contribution in [0.1, 0.15) is 43.0 Å². The Hall–Kier alpha value is -1.40. The Kier molecular flexibility index (Phi) is 7.25. The van der Waals surface area contributed by atoms with Crippen molar-refractivity contribution < 1.29 is 15.1 Å². The number of hydrogen-bond donors (Lipinski definition) is 2. The molecule has 0 saturated carbocycles. The number of aliphatic hydroxyl groups excluding tert-OH is 1. The molecule has 6 heteroatoms. The van der Waals surface area contributed by atoms with Gasteiger partial charge in [0.2, 0.25) is 0 Å². The molecule has 0 bridgehead atoms. The van der Waals surface area contributed by atoms with E-state index in [1.807, 2.05) is 0 Å². The zero-order valence-electron chi connectivity index (χ0n) is 11.8. The van der Waals surface area contributed by atoms with E-state index in [9.17, 15) is 10.0 Å². The third-order valence-electron chi connectivity index (χ3n) is 3.06. The van der Waals surface area contributed by atoms with Crippen LogP contribution in [-0.2, 0) is 0 Å². The van der Waals surface area contributed by atoms with Crippen LogP contribution in [0.4, 0.5) is 0 Å². The summed E-state index contributed by atoms with van der Waals surface area (Å²) in [6.07, 6.45) is 4.75. The monoisotopic (exact) mass is 298 g/mol. The van der Waals surface area contributed by atoms with Gasteiger partial charge in [0.05, 0.1) is 5.56 Å². The van der Waals surface area contributed by atoms with Gasteiger partial charge in [-0.15, -0.1) is 0 Å². The average molecular weight is 298 g/mol. The molecule has 112 valence electrons. The maximum Gasteiger partial charge on any atom is 0.256 e. The number of unbranched alkanes of at least 4 members (excludes halogenated alkanes) is 2. The van der Waals surface area contributed by atoms with Crippen LogP contribution in [0.15, 0.2) is 18.3 Å². The number of amides is 1. The standard InChI is InChI=1S/C14H22N2O3S/c1-2-3-8-15(9-4-5-11-17)13(18)12-7-6-10-16(19)14(12)20/h6-7,10,17,19H,2-5,8-9,11H2,1H3. The van der Waals surface area contributed by atoms with Crippen LogP contribution >= 0.6 is 12.2 Å². The molecule has 1 aromatic heterocycles. The van der Waals surface area contributed by atoms with Gasteiger partial charge in [-0.25, -0.2) is 0 Å². The van der Waals surface area contributed by atoms with Gasteiger partial charge in [0.1, 0.15) is 0 Å². The number of nitrogens with zero attached hydrogens (tertiary/aromatic N) is 2. The van der Waals surface area contributed by atoms with Gasteiger partial charge in [-0.05, 0) is 31.4 Å². The molecule has 0 fully saturated rings. The van der Waals surface area contributed by atoms with Crippen molar-refractivity contribution in [1.82, 2.24) is 9.63 Å². The van der Waals surface area contributed by atoms with Gasteiger partial charge in [0.25, 0.3) is 5.91 Å². The highest BCUT2D eigenvalue weighted by atomic mass is 32.1. The van der Waals surface area contributed by atoms with Crippen molar-refractivity contribution in [2.24, 2.45) is 0 Å². The minimum absolute atomic E-state index is 0.126. The number of carbonyl (C=O) groups excluding carboxylic acids is 1. The number of hydrogen-bond acceptors (Lipinski definition) is 4. The number of aliphatic hydroxyl groups is 1. The summed E-state index contributed by atoms with van der Waals surface area (Å²) in [6, 6.07) is 3.22. The Labute approximate surface area is 124 Å². The van der Waals surface area contributed by atoms with E-state index < -0.39 is 0 Å². The van der Waals surface area contributed by atoms with Crippen LogP contribution in [0.25, 0.3) is 0 Å². The molecule has 0 aliphatic carbocycles. The predicted molar refractivity (Wildman–Crippen MR) is 79.6 cm³/mol. The Bertz CT molecular complexity index is 488. The predicted octanol–water partition coefficient (Wildman–Crippen LogP) is 2.47. The first-order valence-electron chi connectivity index (χ1n) is 6.92. The molecule has 1 amide bonds. The second-order valence-corrected chi connectivity index (χ2v) is 5.03. The first kappa shape index (κ1) is 16.7. The summed E-state index contributed by atoms with van der Waals surface area (Å²) in [5, 5.41) is 18.4. The molecular formula is C14H22N2O3S. The minimum Gasteiger partial charge on any atom is -0.428 e. The lowest BCUT2D eigenvalue weighted by atomic mass is 10.2. The van der Waals surface area contributed by atoms with Crippen LogP contribution in [0.3, 0.4) is 0 Å². The number of aromatic nitrogens is 1. The van der Waals surface area contributed by atoms with E-state index in [1.165, 1.54) is 6.20 Å². The summed E-state index contributed by atoms with van der Waals surface area (Å²) in [7, 11) is 0. The molecule has 0 saturated heterocycles. The highest BCUT2D eigenvalue weighted by molar-refractivity contribution is 7.71. The molecule has 5 nitrogen and oxygen atoms in total. The van der Waals surface area contributed by atoms with E-state index in [1.54, 1.807) is 17.0 Å². The zero-order valence-corrected chi connectivity index (χ0v) is 12.6. The third kappa shape index (κ3) is 4.61. The van der Waals surface area contributed by atoms with E-state index in [0.717, 1.165) is 24.0 Å². The molecule has 20 heavy (non-hydrogen) atoms. The van der Waals surface area contributed by atoms with Crippen molar-refractivity contribution in [1.29, 1.82) is 0 Å². The highest BCUT2D eigenvalue weighted by Crippen LogP contribution is 2.09. The van der Waals surface area contributed by atoms with Gasteiger partial charge in [-0.1, -0.05) is 25.6 Å². The summed E-state index contributed by atoms with van der Waals surface area (Å²) < 4.78 is 0.912. The smallest absolute Gasteiger partial charge is 0.256 e. The van der Waals surface area contributed by atoms with E-state index in [2.05, 4.69) is 6.92 Å². The molecule has 0 unspecified atom stereocenters. The van der Waals surface area contributed by atoms with Gasteiger partial charge in [-0.2, -0.15) is 4.73 Å². The van der Waals surface area contributed by atoms with E-state index in [0.29, 0.717) is 25.1 Å². The van der Waals surface area contributed by atoms with Crippen molar-refractivity contribution in [2.45, 2.75) is 32.6 Å². The molecule has 0 radical (unpaired) electrons. The van der Waals surface area contributed by atoms with Crippen LogP contribution < -0.4 is 0 Å². The molecule has 0 atom stereocenters. The van der Waals surface area contributed by atoms with Crippen LogP contribution in [0, 0.1) is 4.64 Å². The summed E-state index contributed by atoms with van der Waals surface area (Å²) in [5.41, 5.74) is 0.338. The van der Waals surface area contributed by atoms with Crippen molar-refractivity contribution in [3.05, 3.63) is 28.5 Å². The number of rotatable bonds is 8. The summed E-state index contributed by atoms with van der Waals surface area (Å²) >= 11 is 5.06. The topological polar surface area (TPSA) is 65.7 Å². The fourth-order valence-corrected chi connectivity index (χ4v) is 2.11. The first-order valence-corrected chi connectivity index (χ1v) is 7.33. The Balaban J connectivity index is 2.85. The molecule has 2 N–H and O–H groups in total. The van der Waals surface area contributed by atoms with Crippen molar-refractivity contribution in [2.75, 3.05) is 19.7 Å². The highest BCUT2D eigenvalue weighted by Gasteiger charge is 2.17. The van der Waals surface area contributed by atoms with Gasteiger partial charge < -0.3 is 15.2 Å². The van der Waals surface area contributed by atoms with Crippen LogP contribution in [-0.4, -0.2) is 45.5 Å². The minimum atomic E-state index is -0.162. The Morgan fingerprint density at radius 3 is 2.70 bits per heavy atom. The molecular weight excluding hydrogens is 276 g/mol. The fourth-order valence-electron chi connectivity index (χ4n) is 1.89. The largest absolute Gasteiger partial charge is 0.428 e. The van der Waals surface area contributed by atoms with Crippen molar-refractivity contribution >= 4 is 18.1 Å². The summed E-state index contributed by atoms with van der Waals surface area (Å²) in [5.74, 6) is -0.162. The van der Waals surface area contributed by atoms with E-state index in [4.69, 9.17) is 17.3 Å². The maximum atomic E-state index is 12.5. The Morgan fingerprint density at radius 2 is 2.05 bits per heavy atom. The first-order chi connectivity index (χ1) is 9.61. The van der Waals surface area contributed by atoms with Gasteiger partial charge in [0, 0.05) is 25.9 Å². The Morgan fingerprint density at radius 1 is 1.35 bits per heavy atom. The SMILES string of the molecule is CCCCN(CCCCO)C(=O)c1cccn(O)c1=S. The average Bonchev–Trinajstić information content (AvgIpc) is 2.45. The van der Waals surface area contributed by atoms with Gasteiger partial charge in [-0.3, -0.25) is 4.79 Å². The summed E-state index contributed by atoms with van der Waals surface area (Å²) in [6.45, 7) is 3.45. The lowest BCUT2D eigenvalue weighted by Crippen LogP contribution is -2.33. The van der Waals surface area contributed by atoms with Gasteiger partial charge >= 0.3 is 0 Å². The lowest BCUT2D eigenvalue weighted by molar-refractivity contribution is 0.0740. The molecule has 0 spiro atoms. The zero-order chi connectivity index (χ0) is 15.0. The third-order valence-corrected chi connectivity index (χ3v) is 3.47. The molecule has 1 aromatic rings. The van der Waals surface area contributed by atoms with Gasteiger partial charge in [0.15, 0.2) is 4.64 Å². The second kappa shape index (κ2) is 8.71. The number of pyridine rings is 1. The molecule has 1 rings (SSSR count). The number of carbonyl (C=O) groups is 1. The fraction of sp³-hybridized carbons (Fsp3) is 0.571. The molecule has 1 heterocycles. The second-order valence-electron chi connectivity index (χ2n) is 4.65. The molecule has 0 aliphatic heterocycles. The van der Waals surface area contributed by atoms with E-state index in [-0.39, 0.29) is 17.2 Å². The van der Waals surface area contributed by atoms with Crippen LogP contribution in [0.2, 0.25) is 0 Å². The van der Waals surface area contributed by atoms with Crippen LogP contribution in [0.5, 0.6) is 0 Å². The molecule has 0 aliphatic rings. The lowest BCUT2D eigenvalue weighted by Gasteiger charge is -2.22. The van der Waals surface area contributed by atoms with E-state index >= 15 is 0 Å². The summed E-state index contributed by atoms with van der Waals surface area (Å²) in [4.78, 5) is 14.2. The normalized spacial score (nSPS) is 10.5. The quantitative estimate of drug-likeness (QED) is 0.439. The molecule has 0 aromatic carbocycles.